The maximum Gasteiger partial charge on any atom is 0.416 e. The number of alkyl halides is 3. The van der Waals surface area contributed by atoms with Gasteiger partial charge in [0.15, 0.2) is 0 Å². The Morgan fingerprint density at radius 1 is 1.16 bits per heavy atom. The molecule has 0 aromatic heterocycles. The summed E-state index contributed by atoms with van der Waals surface area (Å²) in [6.45, 7) is 1.73. The third-order valence-electron chi connectivity index (χ3n) is 3.45. The summed E-state index contributed by atoms with van der Waals surface area (Å²) in [7, 11) is 0. The molecule has 6 heteroatoms. The predicted molar refractivity (Wildman–Crippen MR) is 89.8 cm³/mol. The summed E-state index contributed by atoms with van der Waals surface area (Å²) in [5.41, 5.74) is 0.794. The monoisotopic (exact) mass is 349 g/mol. The van der Waals surface area contributed by atoms with Crippen LogP contribution < -0.4 is 5.32 Å². The van der Waals surface area contributed by atoms with E-state index >= 15 is 0 Å². The number of hydrogen-bond donors (Lipinski definition) is 1. The number of hydrogen-bond acceptors (Lipinski definition) is 2. The summed E-state index contributed by atoms with van der Waals surface area (Å²) < 4.78 is 43.6. The minimum atomic E-state index is -4.38. The van der Waals surface area contributed by atoms with Crippen molar-refractivity contribution in [2.45, 2.75) is 19.7 Å². The summed E-state index contributed by atoms with van der Waals surface area (Å²) in [6.07, 6.45) is -1.89. The molecule has 2 aromatic carbocycles. The number of nitrogens with one attached hydrogen (secondary N) is 1. The molecule has 2 rings (SSSR count). The normalized spacial score (nSPS) is 11.5. The van der Waals surface area contributed by atoms with Crippen molar-refractivity contribution in [1.29, 1.82) is 0 Å². The van der Waals surface area contributed by atoms with E-state index in [9.17, 15) is 18.0 Å². The lowest BCUT2D eigenvalue weighted by atomic mass is 10.0. The first-order valence-electron chi connectivity index (χ1n) is 7.65. The molecule has 0 atom stereocenters. The van der Waals surface area contributed by atoms with Gasteiger partial charge in [0.2, 0.25) is 0 Å². The highest BCUT2D eigenvalue weighted by atomic mass is 19.4. The number of benzene rings is 2. The summed E-state index contributed by atoms with van der Waals surface area (Å²) in [4.78, 5) is 11.5. The summed E-state index contributed by atoms with van der Waals surface area (Å²) >= 11 is 0. The molecule has 1 N–H and O–H groups in total. The highest BCUT2D eigenvalue weighted by molar-refractivity contribution is 5.67. The van der Waals surface area contributed by atoms with Crippen LogP contribution in [-0.4, -0.2) is 12.6 Å². The first-order chi connectivity index (χ1) is 11.9. The number of aryl methyl sites for hydroxylation is 1. The second-order valence-corrected chi connectivity index (χ2v) is 5.42. The van der Waals surface area contributed by atoms with Gasteiger partial charge in [0.05, 0.1) is 5.56 Å². The fraction of sp³-hybridized carbons (Fsp3) is 0.211. The quantitative estimate of drug-likeness (QED) is 0.829. The Balaban J connectivity index is 1.82. The van der Waals surface area contributed by atoms with Crippen molar-refractivity contribution in [3.8, 4) is 0 Å². The van der Waals surface area contributed by atoms with Crippen LogP contribution in [0.5, 0.6) is 0 Å². The van der Waals surface area contributed by atoms with Gasteiger partial charge in [-0.2, -0.15) is 13.2 Å². The van der Waals surface area contributed by atoms with E-state index in [1.54, 1.807) is 12.1 Å². The van der Waals surface area contributed by atoms with Crippen LogP contribution in [0.25, 0.3) is 6.08 Å². The van der Waals surface area contributed by atoms with Crippen LogP contribution >= 0.6 is 0 Å². The van der Waals surface area contributed by atoms with Crippen molar-refractivity contribution in [3.05, 3.63) is 76.9 Å². The van der Waals surface area contributed by atoms with Crippen LogP contribution in [-0.2, 0) is 17.5 Å². The van der Waals surface area contributed by atoms with Crippen molar-refractivity contribution < 1.29 is 22.7 Å². The third kappa shape index (κ3) is 5.99. The Morgan fingerprint density at radius 2 is 1.88 bits per heavy atom. The Morgan fingerprint density at radius 3 is 2.56 bits per heavy atom. The zero-order valence-corrected chi connectivity index (χ0v) is 13.6. The lowest BCUT2D eigenvalue weighted by Gasteiger charge is -2.10. The third-order valence-corrected chi connectivity index (χ3v) is 3.45. The number of rotatable bonds is 5. The van der Waals surface area contributed by atoms with Crippen molar-refractivity contribution in [3.63, 3.8) is 0 Å². The molecule has 0 bridgehead atoms. The first kappa shape index (κ1) is 18.6. The number of carbonyl (C=O) groups excluding carboxylic acids is 1. The van der Waals surface area contributed by atoms with Gasteiger partial charge in [-0.1, -0.05) is 54.6 Å². The smallest absolute Gasteiger partial charge is 0.416 e. The maximum atomic E-state index is 12.9. The standard InChI is InChI=1S/C19H18F3NO2/c1-14-9-10-15(12-17(14)19(20,21)22)8-5-11-23-18(24)25-13-16-6-3-2-4-7-16/h2-10,12H,11,13H2,1H3,(H,23,24). The summed E-state index contributed by atoms with van der Waals surface area (Å²) in [6, 6.07) is 13.3. The lowest BCUT2D eigenvalue weighted by molar-refractivity contribution is -0.138. The highest BCUT2D eigenvalue weighted by Gasteiger charge is 2.32. The number of halogens is 3. The molecular weight excluding hydrogens is 331 g/mol. The Kier molecular flexibility index (Phi) is 6.22. The van der Waals surface area contributed by atoms with Gasteiger partial charge >= 0.3 is 12.3 Å². The predicted octanol–water partition coefficient (Wildman–Crippen LogP) is 4.95. The van der Waals surface area contributed by atoms with Crippen LogP contribution in [0.1, 0.15) is 22.3 Å². The Labute approximate surface area is 144 Å². The average molecular weight is 349 g/mol. The molecule has 0 saturated heterocycles. The molecular formula is C19H18F3NO2. The van der Waals surface area contributed by atoms with E-state index in [2.05, 4.69) is 5.32 Å². The minimum absolute atomic E-state index is 0.156. The molecule has 3 nitrogen and oxygen atoms in total. The second-order valence-electron chi connectivity index (χ2n) is 5.42. The van der Waals surface area contributed by atoms with Gasteiger partial charge in [0, 0.05) is 6.54 Å². The van der Waals surface area contributed by atoms with Crippen LogP contribution in [0.15, 0.2) is 54.6 Å². The van der Waals surface area contributed by atoms with Crippen molar-refractivity contribution in [1.82, 2.24) is 5.32 Å². The molecule has 25 heavy (non-hydrogen) atoms. The van der Waals surface area contributed by atoms with Gasteiger partial charge < -0.3 is 10.1 Å². The topological polar surface area (TPSA) is 38.3 Å². The second kappa shape index (κ2) is 8.37. The van der Waals surface area contributed by atoms with Gasteiger partial charge in [0.25, 0.3) is 0 Å². The highest BCUT2D eigenvalue weighted by Crippen LogP contribution is 2.32. The molecule has 0 aliphatic heterocycles. The molecule has 0 radical (unpaired) electrons. The molecule has 0 aliphatic rings. The molecule has 0 unspecified atom stereocenters. The number of amides is 1. The first-order valence-corrected chi connectivity index (χ1v) is 7.65. The maximum absolute atomic E-state index is 12.9. The molecule has 132 valence electrons. The SMILES string of the molecule is Cc1ccc(C=CCNC(=O)OCc2ccccc2)cc1C(F)(F)F. The van der Waals surface area contributed by atoms with E-state index in [-0.39, 0.29) is 18.7 Å². The molecule has 1 amide bonds. The van der Waals surface area contributed by atoms with Crippen molar-refractivity contribution >= 4 is 12.2 Å². The summed E-state index contributed by atoms with van der Waals surface area (Å²) in [5.74, 6) is 0. The van der Waals surface area contributed by atoms with Gasteiger partial charge in [-0.15, -0.1) is 0 Å². The van der Waals surface area contributed by atoms with Crippen LogP contribution in [0.2, 0.25) is 0 Å². The Hall–Kier alpha value is -2.76. The van der Waals surface area contributed by atoms with Gasteiger partial charge in [-0.05, 0) is 29.7 Å². The van der Waals surface area contributed by atoms with E-state index in [0.717, 1.165) is 11.6 Å². The Bertz CT molecular complexity index is 740. The van der Waals surface area contributed by atoms with Crippen molar-refractivity contribution in [2.24, 2.45) is 0 Å². The van der Waals surface area contributed by atoms with Crippen LogP contribution in [0.4, 0.5) is 18.0 Å². The van der Waals surface area contributed by atoms with Gasteiger partial charge in [-0.3, -0.25) is 0 Å². The number of alkyl carbamates (subject to hydrolysis) is 1. The zero-order chi connectivity index (χ0) is 18.3. The molecule has 0 heterocycles. The summed E-state index contributed by atoms with van der Waals surface area (Å²) in [5, 5.41) is 2.51. The molecule has 2 aromatic rings. The molecule has 0 spiro atoms. The van der Waals surface area contributed by atoms with Crippen LogP contribution in [0, 0.1) is 6.92 Å². The fourth-order valence-electron chi connectivity index (χ4n) is 2.16. The molecule has 0 saturated carbocycles. The van der Waals surface area contributed by atoms with Crippen molar-refractivity contribution in [2.75, 3.05) is 6.54 Å². The van der Waals surface area contributed by atoms with Crippen LogP contribution in [0.3, 0.4) is 0 Å². The van der Waals surface area contributed by atoms with E-state index < -0.39 is 17.8 Å². The number of ether oxygens (including phenoxy) is 1. The zero-order valence-electron chi connectivity index (χ0n) is 13.6. The van der Waals surface area contributed by atoms with Gasteiger partial charge in [0.1, 0.15) is 6.61 Å². The van der Waals surface area contributed by atoms with E-state index in [0.29, 0.717) is 5.56 Å². The average Bonchev–Trinajstić information content (AvgIpc) is 2.58. The number of carbonyl (C=O) groups is 1. The van der Waals surface area contributed by atoms with E-state index in [4.69, 9.17) is 4.74 Å². The largest absolute Gasteiger partial charge is 0.445 e. The van der Waals surface area contributed by atoms with E-state index in [1.807, 2.05) is 30.3 Å². The van der Waals surface area contributed by atoms with E-state index in [1.165, 1.54) is 19.1 Å². The molecule has 0 fully saturated rings. The molecule has 0 aliphatic carbocycles. The fourth-order valence-corrected chi connectivity index (χ4v) is 2.16. The minimum Gasteiger partial charge on any atom is -0.445 e. The van der Waals surface area contributed by atoms with Gasteiger partial charge in [-0.25, -0.2) is 4.79 Å². The lowest BCUT2D eigenvalue weighted by Crippen LogP contribution is -2.24.